The van der Waals surface area contributed by atoms with Gasteiger partial charge in [0.2, 0.25) is 5.91 Å². The van der Waals surface area contributed by atoms with E-state index in [0.717, 1.165) is 19.6 Å². The molecule has 1 saturated heterocycles. The van der Waals surface area contributed by atoms with Crippen molar-refractivity contribution in [3.8, 4) is 0 Å². The molecule has 1 N–H and O–H groups in total. The van der Waals surface area contributed by atoms with E-state index in [1.54, 1.807) is 0 Å². The molecule has 1 rings (SSSR count). The largest absolute Gasteiger partial charge is 0.337 e. The lowest BCUT2D eigenvalue weighted by molar-refractivity contribution is -0.135. The lowest BCUT2D eigenvalue weighted by Crippen LogP contribution is -2.56. The second-order valence-electron chi connectivity index (χ2n) is 5.19. The number of nitrogens with one attached hydrogen (secondary N) is 1. The Morgan fingerprint density at radius 1 is 1.41 bits per heavy atom. The first kappa shape index (κ1) is 14.5. The minimum atomic E-state index is 0.318. The Morgan fingerprint density at radius 3 is 2.82 bits per heavy atom. The van der Waals surface area contributed by atoms with Crippen LogP contribution in [0.15, 0.2) is 0 Å². The monoisotopic (exact) mass is 240 g/mol. The molecule has 1 aliphatic heterocycles. The summed E-state index contributed by atoms with van der Waals surface area (Å²) in [5.41, 5.74) is 0. The fourth-order valence-corrected chi connectivity index (χ4v) is 2.66. The Kier molecular flexibility index (Phi) is 6.56. The lowest BCUT2D eigenvalue weighted by atomic mass is 9.92. The van der Waals surface area contributed by atoms with Crippen molar-refractivity contribution < 1.29 is 4.79 Å². The van der Waals surface area contributed by atoms with Gasteiger partial charge in [-0.3, -0.25) is 4.79 Å². The highest BCUT2D eigenvalue weighted by Crippen LogP contribution is 2.20. The van der Waals surface area contributed by atoms with E-state index in [4.69, 9.17) is 0 Å². The first-order chi connectivity index (χ1) is 8.20. The van der Waals surface area contributed by atoms with Crippen LogP contribution in [0, 0.1) is 5.92 Å². The summed E-state index contributed by atoms with van der Waals surface area (Å²) in [6.07, 6.45) is 5.76. The van der Waals surface area contributed by atoms with Crippen LogP contribution in [-0.4, -0.2) is 36.5 Å². The Labute approximate surface area is 106 Å². The first-order valence-corrected chi connectivity index (χ1v) is 7.20. The molecule has 0 aromatic carbocycles. The molecule has 0 radical (unpaired) electrons. The minimum absolute atomic E-state index is 0.318. The average molecular weight is 240 g/mol. The number of hydrogen-bond acceptors (Lipinski definition) is 2. The molecular weight excluding hydrogens is 212 g/mol. The molecule has 1 fully saturated rings. The van der Waals surface area contributed by atoms with Crippen LogP contribution in [0.25, 0.3) is 0 Å². The standard InChI is InChI=1S/C14H28N2O/c1-4-6-7-8-12(3)13-11-15-9-10-16(13)14(17)5-2/h12-13,15H,4-11H2,1-3H3. The van der Waals surface area contributed by atoms with E-state index in [1.165, 1.54) is 25.7 Å². The van der Waals surface area contributed by atoms with Crippen LogP contribution in [0.1, 0.15) is 52.9 Å². The quantitative estimate of drug-likeness (QED) is 0.723. The number of hydrogen-bond donors (Lipinski definition) is 1. The number of amides is 1. The molecule has 0 aromatic heterocycles. The van der Waals surface area contributed by atoms with Crippen molar-refractivity contribution in [2.24, 2.45) is 5.92 Å². The van der Waals surface area contributed by atoms with Crippen molar-refractivity contribution in [3.63, 3.8) is 0 Å². The number of rotatable bonds is 6. The molecule has 2 unspecified atom stereocenters. The molecule has 0 aromatic rings. The predicted octanol–water partition coefficient (Wildman–Crippen LogP) is 2.41. The summed E-state index contributed by atoms with van der Waals surface area (Å²) in [7, 11) is 0. The highest BCUT2D eigenvalue weighted by atomic mass is 16.2. The van der Waals surface area contributed by atoms with Gasteiger partial charge in [0.1, 0.15) is 0 Å². The third kappa shape index (κ3) is 4.30. The normalized spacial score (nSPS) is 22.5. The molecule has 1 heterocycles. The van der Waals surface area contributed by atoms with Crippen LogP contribution >= 0.6 is 0 Å². The van der Waals surface area contributed by atoms with Crippen LogP contribution in [0.2, 0.25) is 0 Å². The average Bonchev–Trinajstić information content (AvgIpc) is 2.38. The van der Waals surface area contributed by atoms with Gasteiger partial charge in [0.05, 0.1) is 0 Å². The Hall–Kier alpha value is -0.570. The number of carbonyl (C=O) groups is 1. The second-order valence-corrected chi connectivity index (χ2v) is 5.19. The van der Waals surface area contributed by atoms with Crippen molar-refractivity contribution >= 4 is 5.91 Å². The fourth-order valence-electron chi connectivity index (χ4n) is 2.66. The van der Waals surface area contributed by atoms with Crippen LogP contribution < -0.4 is 5.32 Å². The minimum Gasteiger partial charge on any atom is -0.337 e. The van der Waals surface area contributed by atoms with Crippen LogP contribution in [-0.2, 0) is 4.79 Å². The van der Waals surface area contributed by atoms with Crippen LogP contribution in [0.3, 0.4) is 0 Å². The van der Waals surface area contributed by atoms with Crippen molar-refractivity contribution in [3.05, 3.63) is 0 Å². The molecule has 0 bridgehead atoms. The zero-order valence-corrected chi connectivity index (χ0v) is 11.7. The van der Waals surface area contributed by atoms with Crippen molar-refractivity contribution in [2.45, 2.75) is 58.9 Å². The predicted molar refractivity (Wildman–Crippen MR) is 72.0 cm³/mol. The Morgan fingerprint density at radius 2 is 2.18 bits per heavy atom. The third-order valence-corrected chi connectivity index (χ3v) is 3.83. The zero-order valence-electron chi connectivity index (χ0n) is 11.7. The van der Waals surface area contributed by atoms with Gasteiger partial charge in [-0.1, -0.05) is 40.0 Å². The van der Waals surface area contributed by atoms with Gasteiger partial charge in [0, 0.05) is 32.1 Å². The van der Waals surface area contributed by atoms with E-state index in [2.05, 4.69) is 24.1 Å². The van der Waals surface area contributed by atoms with Gasteiger partial charge < -0.3 is 10.2 Å². The van der Waals surface area contributed by atoms with Gasteiger partial charge in [-0.25, -0.2) is 0 Å². The SMILES string of the molecule is CCCCCC(C)C1CNCCN1C(=O)CC. The summed E-state index contributed by atoms with van der Waals surface area (Å²) in [4.78, 5) is 14.0. The number of unbranched alkanes of at least 4 members (excludes halogenated alkanes) is 2. The number of piperazine rings is 1. The highest BCUT2D eigenvalue weighted by molar-refractivity contribution is 5.76. The first-order valence-electron chi connectivity index (χ1n) is 7.20. The molecule has 0 aliphatic carbocycles. The lowest BCUT2D eigenvalue weighted by Gasteiger charge is -2.39. The second kappa shape index (κ2) is 7.70. The van der Waals surface area contributed by atoms with E-state index in [1.807, 2.05) is 6.92 Å². The number of carbonyl (C=O) groups excluding carboxylic acids is 1. The molecule has 0 spiro atoms. The molecule has 17 heavy (non-hydrogen) atoms. The van der Waals surface area contributed by atoms with E-state index >= 15 is 0 Å². The fraction of sp³-hybridized carbons (Fsp3) is 0.929. The maximum atomic E-state index is 11.9. The van der Waals surface area contributed by atoms with Gasteiger partial charge >= 0.3 is 0 Å². The molecular formula is C14H28N2O. The summed E-state index contributed by atoms with van der Waals surface area (Å²) in [5.74, 6) is 0.934. The Bertz CT molecular complexity index is 230. The topological polar surface area (TPSA) is 32.3 Å². The molecule has 100 valence electrons. The van der Waals surface area contributed by atoms with Crippen molar-refractivity contribution in [1.82, 2.24) is 10.2 Å². The van der Waals surface area contributed by atoms with Gasteiger partial charge in [-0.2, -0.15) is 0 Å². The summed E-state index contributed by atoms with van der Waals surface area (Å²) < 4.78 is 0. The van der Waals surface area contributed by atoms with E-state index in [9.17, 15) is 4.79 Å². The Balaban J connectivity index is 2.48. The zero-order chi connectivity index (χ0) is 12.7. The van der Waals surface area contributed by atoms with E-state index < -0.39 is 0 Å². The summed E-state index contributed by atoms with van der Waals surface area (Å²) in [6, 6.07) is 0.410. The maximum absolute atomic E-state index is 11.9. The molecule has 3 heteroatoms. The third-order valence-electron chi connectivity index (χ3n) is 3.83. The molecule has 3 nitrogen and oxygen atoms in total. The number of nitrogens with zero attached hydrogens (tertiary/aromatic N) is 1. The smallest absolute Gasteiger partial charge is 0.222 e. The molecule has 0 saturated carbocycles. The van der Waals surface area contributed by atoms with Gasteiger partial charge in [0.25, 0.3) is 0 Å². The summed E-state index contributed by atoms with van der Waals surface area (Å²) in [6.45, 7) is 9.30. The summed E-state index contributed by atoms with van der Waals surface area (Å²) >= 11 is 0. The van der Waals surface area contributed by atoms with Gasteiger partial charge in [-0.05, 0) is 12.3 Å². The summed E-state index contributed by atoms with van der Waals surface area (Å²) in [5, 5.41) is 3.42. The van der Waals surface area contributed by atoms with Crippen molar-refractivity contribution in [1.29, 1.82) is 0 Å². The van der Waals surface area contributed by atoms with Crippen LogP contribution in [0.4, 0.5) is 0 Å². The highest BCUT2D eigenvalue weighted by Gasteiger charge is 2.29. The van der Waals surface area contributed by atoms with E-state index in [0.29, 0.717) is 24.3 Å². The van der Waals surface area contributed by atoms with Crippen LogP contribution in [0.5, 0.6) is 0 Å². The molecule has 2 atom stereocenters. The van der Waals surface area contributed by atoms with E-state index in [-0.39, 0.29) is 0 Å². The molecule has 1 aliphatic rings. The van der Waals surface area contributed by atoms with Crippen molar-refractivity contribution in [2.75, 3.05) is 19.6 Å². The van der Waals surface area contributed by atoms with Gasteiger partial charge in [0.15, 0.2) is 0 Å². The molecule has 1 amide bonds. The maximum Gasteiger partial charge on any atom is 0.222 e. The van der Waals surface area contributed by atoms with Gasteiger partial charge in [-0.15, -0.1) is 0 Å².